The van der Waals surface area contributed by atoms with Crippen LogP contribution in [0.5, 0.6) is 0 Å². The van der Waals surface area contributed by atoms with Gasteiger partial charge in [-0.3, -0.25) is 9.59 Å². The predicted octanol–water partition coefficient (Wildman–Crippen LogP) is 2.94. The number of aromatic nitrogens is 2. The fourth-order valence-electron chi connectivity index (χ4n) is 3.18. The molecule has 1 fully saturated rings. The molecule has 0 aromatic carbocycles. The van der Waals surface area contributed by atoms with Crippen molar-refractivity contribution in [3.05, 3.63) is 31.7 Å². The number of likely N-dealkylation sites (tertiary alicyclic amines) is 1. The minimum absolute atomic E-state index is 0.0717. The zero-order valence-corrected chi connectivity index (χ0v) is 17.3. The lowest BCUT2D eigenvalue weighted by molar-refractivity contribution is 0.0717. The number of terminal acetylenes is 1. The molecule has 6 nitrogen and oxygen atoms in total. The molecule has 1 saturated heterocycles. The first-order valence-electron chi connectivity index (χ1n) is 8.78. The molecule has 0 N–H and O–H groups in total. The van der Waals surface area contributed by atoms with Gasteiger partial charge in [0.15, 0.2) is 0 Å². The highest BCUT2D eigenvalue weighted by Gasteiger charge is 2.28. The molecule has 142 valence electrons. The topological polar surface area (TPSA) is 66.4 Å². The number of amides is 2. The molecule has 2 aromatic heterocycles. The van der Waals surface area contributed by atoms with E-state index in [2.05, 4.69) is 15.9 Å². The van der Waals surface area contributed by atoms with E-state index in [4.69, 9.17) is 6.42 Å². The lowest BCUT2D eigenvalue weighted by Gasteiger charge is -2.30. The van der Waals surface area contributed by atoms with Crippen molar-refractivity contribution in [3.8, 4) is 12.3 Å². The van der Waals surface area contributed by atoms with Gasteiger partial charge in [-0.2, -0.15) is 0 Å². The summed E-state index contributed by atoms with van der Waals surface area (Å²) in [7, 11) is 1.68. The van der Waals surface area contributed by atoms with Crippen LogP contribution in [0.2, 0.25) is 0 Å². The zero-order chi connectivity index (χ0) is 19.6. The van der Waals surface area contributed by atoms with Crippen LogP contribution in [0.4, 0.5) is 0 Å². The van der Waals surface area contributed by atoms with Crippen LogP contribution in [0.15, 0.2) is 5.38 Å². The average molecular weight is 403 g/mol. The van der Waals surface area contributed by atoms with Crippen molar-refractivity contribution in [2.75, 3.05) is 26.7 Å². The molecule has 8 heteroatoms. The molecule has 0 aliphatic carbocycles. The summed E-state index contributed by atoms with van der Waals surface area (Å²) in [6.45, 7) is 5.46. The minimum Gasteiger partial charge on any atom is -0.338 e. The number of rotatable bonds is 4. The summed E-state index contributed by atoms with van der Waals surface area (Å²) < 4.78 is 0. The molecule has 3 rings (SSSR count). The van der Waals surface area contributed by atoms with E-state index in [0.29, 0.717) is 18.8 Å². The molecular weight excluding hydrogens is 380 g/mol. The Labute approximate surface area is 167 Å². The largest absolute Gasteiger partial charge is 0.338 e. The lowest BCUT2D eigenvalue weighted by Crippen LogP contribution is -2.37. The Balaban J connectivity index is 1.61. The predicted molar refractivity (Wildman–Crippen MR) is 107 cm³/mol. The third-order valence-electron chi connectivity index (χ3n) is 4.65. The summed E-state index contributed by atoms with van der Waals surface area (Å²) in [4.78, 5) is 38.0. The number of aryl methyl sites for hydroxylation is 2. The Kier molecular flexibility index (Phi) is 5.92. The monoisotopic (exact) mass is 402 g/mol. The van der Waals surface area contributed by atoms with Crippen molar-refractivity contribution in [2.45, 2.75) is 32.6 Å². The molecule has 0 unspecified atom stereocenters. The molecule has 2 amide bonds. The van der Waals surface area contributed by atoms with Crippen LogP contribution in [-0.4, -0.2) is 58.3 Å². The molecular formula is C19H22N4O2S2. The van der Waals surface area contributed by atoms with Gasteiger partial charge in [0.2, 0.25) is 0 Å². The highest BCUT2D eigenvalue weighted by Crippen LogP contribution is 2.31. The van der Waals surface area contributed by atoms with Gasteiger partial charge in [-0.05, 0) is 26.7 Å². The molecule has 0 radical (unpaired) electrons. The molecule has 1 aliphatic rings. The first-order valence-corrected chi connectivity index (χ1v) is 10.5. The van der Waals surface area contributed by atoms with E-state index in [-0.39, 0.29) is 24.3 Å². The molecule has 27 heavy (non-hydrogen) atoms. The maximum absolute atomic E-state index is 12.7. The number of nitrogens with zero attached hydrogens (tertiary/aromatic N) is 4. The Hall–Kier alpha value is -2.24. The van der Waals surface area contributed by atoms with Crippen molar-refractivity contribution < 1.29 is 9.59 Å². The lowest BCUT2D eigenvalue weighted by atomic mass is 9.97. The van der Waals surface area contributed by atoms with Gasteiger partial charge >= 0.3 is 0 Å². The minimum atomic E-state index is -0.154. The van der Waals surface area contributed by atoms with E-state index in [1.54, 1.807) is 12.4 Å². The van der Waals surface area contributed by atoms with Gasteiger partial charge in [0, 0.05) is 31.4 Å². The Morgan fingerprint density at radius 2 is 2.04 bits per heavy atom. The summed E-state index contributed by atoms with van der Waals surface area (Å²) in [5.74, 6) is 2.66. The van der Waals surface area contributed by atoms with Gasteiger partial charge in [-0.1, -0.05) is 5.92 Å². The van der Waals surface area contributed by atoms with Crippen LogP contribution in [-0.2, 0) is 0 Å². The van der Waals surface area contributed by atoms with Gasteiger partial charge in [-0.15, -0.1) is 29.1 Å². The Morgan fingerprint density at radius 1 is 1.33 bits per heavy atom. The van der Waals surface area contributed by atoms with E-state index < -0.39 is 0 Å². The first-order chi connectivity index (χ1) is 12.9. The van der Waals surface area contributed by atoms with Crippen molar-refractivity contribution in [3.63, 3.8) is 0 Å². The van der Waals surface area contributed by atoms with Crippen LogP contribution in [0.25, 0.3) is 0 Å². The fraction of sp³-hybridized carbons (Fsp3) is 0.474. The number of piperidine rings is 1. The van der Waals surface area contributed by atoms with Crippen LogP contribution < -0.4 is 0 Å². The maximum Gasteiger partial charge on any atom is 0.273 e. The summed E-state index contributed by atoms with van der Waals surface area (Å²) in [5, 5.41) is 3.68. The molecule has 3 heterocycles. The second kappa shape index (κ2) is 8.19. The fourth-order valence-corrected chi connectivity index (χ4v) is 5.03. The van der Waals surface area contributed by atoms with E-state index in [1.807, 2.05) is 18.7 Å². The van der Waals surface area contributed by atoms with Crippen molar-refractivity contribution in [1.29, 1.82) is 0 Å². The zero-order valence-electron chi connectivity index (χ0n) is 15.7. The number of hydrogen-bond acceptors (Lipinski definition) is 6. The molecule has 0 bridgehead atoms. The molecule has 0 spiro atoms. The van der Waals surface area contributed by atoms with Crippen molar-refractivity contribution in [1.82, 2.24) is 19.8 Å². The summed E-state index contributed by atoms with van der Waals surface area (Å²) in [6.07, 6.45) is 6.96. The third-order valence-corrected chi connectivity index (χ3v) is 6.71. The van der Waals surface area contributed by atoms with Crippen LogP contribution in [0, 0.1) is 26.2 Å². The Bertz CT molecular complexity index is 888. The molecule has 0 atom stereocenters. The second-order valence-corrected chi connectivity index (χ2v) is 8.74. The van der Waals surface area contributed by atoms with Gasteiger partial charge in [0.1, 0.15) is 10.6 Å². The average Bonchev–Trinajstić information content (AvgIpc) is 3.27. The normalized spacial score (nSPS) is 14.8. The van der Waals surface area contributed by atoms with Crippen LogP contribution in [0.1, 0.15) is 54.6 Å². The summed E-state index contributed by atoms with van der Waals surface area (Å²) >= 11 is 2.97. The quantitative estimate of drug-likeness (QED) is 0.738. The van der Waals surface area contributed by atoms with Crippen LogP contribution in [0.3, 0.4) is 0 Å². The van der Waals surface area contributed by atoms with E-state index >= 15 is 0 Å². The maximum atomic E-state index is 12.7. The summed E-state index contributed by atoms with van der Waals surface area (Å²) in [5.41, 5.74) is 1.26. The van der Waals surface area contributed by atoms with Gasteiger partial charge < -0.3 is 9.80 Å². The van der Waals surface area contributed by atoms with Crippen molar-refractivity contribution in [2.24, 2.45) is 0 Å². The van der Waals surface area contributed by atoms with Crippen molar-refractivity contribution >= 4 is 34.5 Å². The highest BCUT2D eigenvalue weighted by molar-refractivity contribution is 7.13. The standard InChI is InChI=1S/C19H22N4O2S2/c1-5-8-22(4)18(24)15-11-26-17(21-15)14-6-9-23(10-7-14)19(25)16-12(2)20-13(3)27-16/h1,11,14H,6-10H2,2-4H3. The van der Waals surface area contributed by atoms with Gasteiger partial charge in [0.05, 0.1) is 22.3 Å². The van der Waals surface area contributed by atoms with E-state index in [0.717, 1.165) is 33.4 Å². The number of hydrogen-bond donors (Lipinski definition) is 0. The molecule has 2 aromatic rings. The van der Waals surface area contributed by atoms with Gasteiger partial charge in [0.25, 0.3) is 11.8 Å². The first kappa shape index (κ1) is 19.5. The molecule has 0 saturated carbocycles. The molecule has 1 aliphatic heterocycles. The van der Waals surface area contributed by atoms with E-state index in [9.17, 15) is 9.59 Å². The number of carbonyl (C=O) groups excluding carboxylic acids is 2. The Morgan fingerprint density at radius 3 is 2.63 bits per heavy atom. The van der Waals surface area contributed by atoms with Crippen LogP contribution >= 0.6 is 22.7 Å². The smallest absolute Gasteiger partial charge is 0.273 e. The third kappa shape index (κ3) is 4.20. The van der Waals surface area contributed by atoms with Gasteiger partial charge in [-0.25, -0.2) is 9.97 Å². The second-order valence-electron chi connectivity index (χ2n) is 6.65. The number of thiazole rings is 2. The number of carbonyl (C=O) groups is 2. The van der Waals surface area contributed by atoms with E-state index in [1.165, 1.54) is 27.6 Å². The highest BCUT2D eigenvalue weighted by atomic mass is 32.1. The SMILES string of the molecule is C#CCN(C)C(=O)c1csc(C2CCN(C(=O)c3sc(C)nc3C)CC2)n1. The summed E-state index contributed by atoms with van der Waals surface area (Å²) in [6, 6.07) is 0.